The van der Waals surface area contributed by atoms with E-state index in [9.17, 15) is 4.79 Å². The van der Waals surface area contributed by atoms with Crippen molar-refractivity contribution in [3.05, 3.63) is 0 Å². The summed E-state index contributed by atoms with van der Waals surface area (Å²) in [6, 6.07) is 0.106. The molecule has 0 fully saturated rings. The molecule has 0 aliphatic heterocycles. The van der Waals surface area contributed by atoms with E-state index >= 15 is 0 Å². The lowest BCUT2D eigenvalue weighted by atomic mass is 10.2. The highest BCUT2D eigenvalue weighted by Crippen LogP contribution is 1.92. The minimum atomic E-state index is 0.106. The molecule has 8 heavy (non-hydrogen) atoms. The lowest BCUT2D eigenvalue weighted by Gasteiger charge is -2.14. The van der Waals surface area contributed by atoms with Gasteiger partial charge in [0.1, 0.15) is 6.29 Å². The molecule has 0 saturated carbocycles. The van der Waals surface area contributed by atoms with Crippen LogP contribution in [0.2, 0.25) is 0 Å². The van der Waals surface area contributed by atoms with Gasteiger partial charge in [0.15, 0.2) is 0 Å². The zero-order valence-electron chi connectivity index (χ0n) is 5.72. The van der Waals surface area contributed by atoms with Crippen molar-refractivity contribution in [3.8, 4) is 0 Å². The van der Waals surface area contributed by atoms with Gasteiger partial charge in [-0.05, 0) is 20.5 Å². The molecule has 0 rings (SSSR count). The third-order valence-electron chi connectivity index (χ3n) is 1.24. The van der Waals surface area contributed by atoms with Gasteiger partial charge in [-0.1, -0.05) is 6.92 Å². The summed E-state index contributed by atoms with van der Waals surface area (Å²) in [5.41, 5.74) is 0. The summed E-state index contributed by atoms with van der Waals surface area (Å²) in [5.74, 6) is 0. The molecule has 0 aromatic heterocycles. The normalized spacial score (nSPS) is 14.0. The minimum absolute atomic E-state index is 0.106. The van der Waals surface area contributed by atoms with Crippen LogP contribution < -0.4 is 0 Å². The Morgan fingerprint density at radius 1 is 1.62 bits per heavy atom. The summed E-state index contributed by atoms with van der Waals surface area (Å²) < 4.78 is 0. The SMILES string of the molecule is CCC(C=O)N(C)C. The van der Waals surface area contributed by atoms with Crippen molar-refractivity contribution in [2.75, 3.05) is 14.1 Å². The molecule has 2 heteroatoms. The predicted molar refractivity (Wildman–Crippen MR) is 33.8 cm³/mol. The van der Waals surface area contributed by atoms with Crippen molar-refractivity contribution in [1.82, 2.24) is 4.90 Å². The lowest BCUT2D eigenvalue weighted by molar-refractivity contribution is -0.111. The quantitative estimate of drug-likeness (QED) is 0.500. The molecule has 0 aromatic carbocycles. The molecule has 0 bridgehead atoms. The predicted octanol–water partition coefficient (Wildman–Crippen LogP) is 0.526. The van der Waals surface area contributed by atoms with E-state index in [1.165, 1.54) is 0 Å². The van der Waals surface area contributed by atoms with Crippen molar-refractivity contribution < 1.29 is 4.79 Å². The molecule has 0 amide bonds. The van der Waals surface area contributed by atoms with Crippen molar-refractivity contribution >= 4 is 6.29 Å². The fraction of sp³-hybridized carbons (Fsp3) is 0.833. The average molecular weight is 115 g/mol. The first kappa shape index (κ1) is 7.63. The average Bonchev–Trinajstić information content (AvgIpc) is 1.69. The fourth-order valence-electron chi connectivity index (χ4n) is 0.583. The second-order valence-corrected chi connectivity index (χ2v) is 2.08. The zero-order valence-corrected chi connectivity index (χ0v) is 5.72. The maximum atomic E-state index is 10.1. The molecule has 0 aliphatic carbocycles. The van der Waals surface area contributed by atoms with E-state index in [0.29, 0.717) is 0 Å². The van der Waals surface area contributed by atoms with Crippen LogP contribution in [-0.4, -0.2) is 31.3 Å². The molecule has 0 heterocycles. The van der Waals surface area contributed by atoms with Gasteiger partial charge >= 0.3 is 0 Å². The second-order valence-electron chi connectivity index (χ2n) is 2.08. The highest BCUT2D eigenvalue weighted by molar-refractivity contribution is 5.57. The molecule has 1 unspecified atom stereocenters. The largest absolute Gasteiger partial charge is 0.302 e. The Morgan fingerprint density at radius 2 is 2.12 bits per heavy atom. The zero-order chi connectivity index (χ0) is 6.57. The number of nitrogens with zero attached hydrogens (tertiary/aromatic N) is 1. The second kappa shape index (κ2) is 3.61. The van der Waals surface area contributed by atoms with E-state index in [1.54, 1.807) is 0 Å². The van der Waals surface area contributed by atoms with Gasteiger partial charge < -0.3 is 9.69 Å². The summed E-state index contributed by atoms with van der Waals surface area (Å²) in [7, 11) is 3.81. The third-order valence-corrected chi connectivity index (χ3v) is 1.24. The van der Waals surface area contributed by atoms with Gasteiger partial charge in [-0.3, -0.25) is 0 Å². The van der Waals surface area contributed by atoms with Gasteiger partial charge in [0.2, 0.25) is 0 Å². The molecule has 0 radical (unpaired) electrons. The Balaban J connectivity index is 3.51. The first-order valence-corrected chi connectivity index (χ1v) is 2.84. The molecule has 0 saturated heterocycles. The topological polar surface area (TPSA) is 20.3 Å². The molecular formula is C6H13NO. The Labute approximate surface area is 50.5 Å². The number of hydrogen-bond acceptors (Lipinski definition) is 2. The smallest absolute Gasteiger partial charge is 0.137 e. The van der Waals surface area contributed by atoms with E-state index in [-0.39, 0.29) is 6.04 Å². The highest BCUT2D eigenvalue weighted by atomic mass is 16.1. The van der Waals surface area contributed by atoms with Crippen LogP contribution in [0.25, 0.3) is 0 Å². The summed E-state index contributed by atoms with van der Waals surface area (Å²) >= 11 is 0. The maximum Gasteiger partial charge on any atom is 0.137 e. The van der Waals surface area contributed by atoms with Crippen LogP contribution in [0.3, 0.4) is 0 Å². The Morgan fingerprint density at radius 3 is 2.12 bits per heavy atom. The molecule has 0 spiro atoms. The first-order valence-electron chi connectivity index (χ1n) is 2.84. The van der Waals surface area contributed by atoms with E-state index in [0.717, 1.165) is 12.7 Å². The van der Waals surface area contributed by atoms with Crippen molar-refractivity contribution in [2.24, 2.45) is 0 Å². The standard InChI is InChI=1S/C6H13NO/c1-4-6(5-8)7(2)3/h5-6H,4H2,1-3H3. The van der Waals surface area contributed by atoms with Crippen LogP contribution >= 0.6 is 0 Å². The lowest BCUT2D eigenvalue weighted by Crippen LogP contribution is -2.28. The minimum Gasteiger partial charge on any atom is -0.302 e. The number of hydrogen-bond donors (Lipinski definition) is 0. The molecular weight excluding hydrogens is 102 g/mol. The molecule has 0 aliphatic rings. The number of carbonyl (C=O) groups excluding carboxylic acids is 1. The van der Waals surface area contributed by atoms with E-state index in [2.05, 4.69) is 0 Å². The highest BCUT2D eigenvalue weighted by Gasteiger charge is 2.03. The van der Waals surface area contributed by atoms with Crippen LogP contribution in [-0.2, 0) is 4.79 Å². The van der Waals surface area contributed by atoms with Crippen LogP contribution in [0.1, 0.15) is 13.3 Å². The monoisotopic (exact) mass is 115 g/mol. The molecule has 0 N–H and O–H groups in total. The maximum absolute atomic E-state index is 10.1. The van der Waals surface area contributed by atoms with Crippen LogP contribution in [0.15, 0.2) is 0 Å². The van der Waals surface area contributed by atoms with Crippen molar-refractivity contribution in [2.45, 2.75) is 19.4 Å². The Hall–Kier alpha value is -0.370. The number of carbonyl (C=O) groups is 1. The van der Waals surface area contributed by atoms with Crippen molar-refractivity contribution in [1.29, 1.82) is 0 Å². The fourth-order valence-corrected chi connectivity index (χ4v) is 0.583. The summed E-state index contributed by atoms with van der Waals surface area (Å²) in [6.07, 6.45) is 1.87. The molecule has 48 valence electrons. The van der Waals surface area contributed by atoms with Gasteiger partial charge in [-0.25, -0.2) is 0 Å². The van der Waals surface area contributed by atoms with Gasteiger partial charge in [0.05, 0.1) is 6.04 Å². The molecule has 0 aromatic rings. The number of likely N-dealkylation sites (N-methyl/N-ethyl adjacent to an activating group) is 1. The Kier molecular flexibility index (Phi) is 3.44. The molecule has 1 atom stereocenters. The van der Waals surface area contributed by atoms with Gasteiger partial charge in [-0.15, -0.1) is 0 Å². The third kappa shape index (κ3) is 2.07. The molecule has 2 nitrogen and oxygen atoms in total. The van der Waals surface area contributed by atoms with Crippen molar-refractivity contribution in [3.63, 3.8) is 0 Å². The summed E-state index contributed by atoms with van der Waals surface area (Å²) in [5, 5.41) is 0. The number of aldehydes is 1. The summed E-state index contributed by atoms with van der Waals surface area (Å²) in [6.45, 7) is 2.00. The van der Waals surface area contributed by atoms with E-state index in [1.807, 2.05) is 25.9 Å². The van der Waals surface area contributed by atoms with E-state index in [4.69, 9.17) is 0 Å². The van der Waals surface area contributed by atoms with Crippen LogP contribution in [0.5, 0.6) is 0 Å². The Bertz CT molecular complexity index is 70.9. The first-order chi connectivity index (χ1) is 3.72. The number of rotatable bonds is 3. The van der Waals surface area contributed by atoms with Gasteiger partial charge in [0, 0.05) is 0 Å². The van der Waals surface area contributed by atoms with Crippen LogP contribution in [0.4, 0.5) is 0 Å². The van der Waals surface area contributed by atoms with E-state index < -0.39 is 0 Å². The van der Waals surface area contributed by atoms with Crippen LogP contribution in [0, 0.1) is 0 Å². The van der Waals surface area contributed by atoms with Gasteiger partial charge in [-0.2, -0.15) is 0 Å². The van der Waals surface area contributed by atoms with Gasteiger partial charge in [0.25, 0.3) is 0 Å². The summed E-state index contributed by atoms with van der Waals surface area (Å²) in [4.78, 5) is 12.0.